The highest BCUT2D eigenvalue weighted by molar-refractivity contribution is 5.75. The second-order valence-corrected chi connectivity index (χ2v) is 3.59. The zero-order valence-corrected chi connectivity index (χ0v) is 8.96. The zero-order chi connectivity index (χ0) is 13.0. The number of hydrogen-bond donors (Lipinski definition) is 4. The molecular formula is C11H13NO5. The van der Waals surface area contributed by atoms with Gasteiger partial charge in [0.25, 0.3) is 0 Å². The molecular weight excluding hydrogens is 226 g/mol. The highest BCUT2D eigenvalue weighted by Crippen LogP contribution is 2.22. The van der Waals surface area contributed by atoms with Crippen molar-refractivity contribution >= 4 is 17.6 Å². The molecule has 0 saturated heterocycles. The van der Waals surface area contributed by atoms with E-state index >= 15 is 0 Å². The number of aliphatic hydroxyl groups excluding tert-OH is 1. The number of rotatable bonds is 5. The third-order valence-corrected chi connectivity index (χ3v) is 2.30. The van der Waals surface area contributed by atoms with E-state index < -0.39 is 18.0 Å². The van der Waals surface area contributed by atoms with E-state index in [0.717, 1.165) is 0 Å². The molecule has 0 bridgehead atoms. The topological polar surface area (TPSA) is 121 Å². The summed E-state index contributed by atoms with van der Waals surface area (Å²) in [5.74, 6) is -2.38. The fraction of sp³-hybridized carbons (Fsp3) is 0.273. The SMILES string of the molecule is Nc1ccc(C(O)C(=O)O)c(CCC(=O)O)c1. The summed E-state index contributed by atoms with van der Waals surface area (Å²) >= 11 is 0. The van der Waals surface area contributed by atoms with Gasteiger partial charge in [0.15, 0.2) is 6.10 Å². The molecule has 0 aliphatic rings. The Morgan fingerprint density at radius 3 is 2.47 bits per heavy atom. The standard InChI is InChI=1S/C11H13NO5/c12-7-2-3-8(10(15)11(16)17)6(5-7)1-4-9(13)14/h2-3,5,10,15H,1,4,12H2,(H,13,14)(H,16,17). The number of nitrogens with two attached hydrogens (primary N) is 1. The van der Waals surface area contributed by atoms with Crippen molar-refractivity contribution in [1.29, 1.82) is 0 Å². The molecule has 1 aromatic rings. The Labute approximate surface area is 97.3 Å². The van der Waals surface area contributed by atoms with Crippen LogP contribution in [-0.2, 0) is 16.0 Å². The van der Waals surface area contributed by atoms with Crippen molar-refractivity contribution in [2.45, 2.75) is 18.9 Å². The van der Waals surface area contributed by atoms with Gasteiger partial charge in [-0.25, -0.2) is 4.79 Å². The number of aliphatic carboxylic acids is 2. The summed E-state index contributed by atoms with van der Waals surface area (Å²) in [6, 6.07) is 4.33. The van der Waals surface area contributed by atoms with Crippen molar-refractivity contribution in [3.63, 3.8) is 0 Å². The number of carboxylic acid groups (broad SMARTS) is 2. The Bertz CT molecular complexity index is 443. The monoisotopic (exact) mass is 239 g/mol. The highest BCUT2D eigenvalue weighted by Gasteiger charge is 2.19. The molecule has 6 heteroatoms. The normalized spacial score (nSPS) is 12.1. The van der Waals surface area contributed by atoms with Gasteiger partial charge in [-0.15, -0.1) is 0 Å². The maximum Gasteiger partial charge on any atom is 0.337 e. The number of aliphatic hydroxyl groups is 1. The van der Waals surface area contributed by atoms with Crippen LogP contribution in [0.1, 0.15) is 23.7 Å². The third-order valence-electron chi connectivity index (χ3n) is 2.30. The maximum atomic E-state index is 10.7. The molecule has 1 aromatic carbocycles. The van der Waals surface area contributed by atoms with E-state index in [9.17, 15) is 14.7 Å². The molecule has 1 atom stereocenters. The second kappa shape index (κ2) is 5.31. The first kappa shape index (κ1) is 13.0. The van der Waals surface area contributed by atoms with E-state index in [1.54, 1.807) is 0 Å². The van der Waals surface area contributed by atoms with Crippen molar-refractivity contribution in [2.75, 3.05) is 5.73 Å². The first-order valence-electron chi connectivity index (χ1n) is 4.92. The van der Waals surface area contributed by atoms with Crippen LogP contribution in [-0.4, -0.2) is 27.3 Å². The fourth-order valence-electron chi connectivity index (χ4n) is 1.48. The molecule has 92 valence electrons. The Morgan fingerprint density at radius 1 is 1.29 bits per heavy atom. The molecule has 17 heavy (non-hydrogen) atoms. The van der Waals surface area contributed by atoms with Gasteiger partial charge in [-0.1, -0.05) is 6.07 Å². The first-order valence-corrected chi connectivity index (χ1v) is 4.92. The van der Waals surface area contributed by atoms with Gasteiger partial charge in [0, 0.05) is 12.1 Å². The summed E-state index contributed by atoms with van der Waals surface area (Å²) in [6.45, 7) is 0. The number of aryl methyl sites for hydroxylation is 1. The van der Waals surface area contributed by atoms with Crippen LogP contribution in [0.5, 0.6) is 0 Å². The Balaban J connectivity index is 3.03. The average molecular weight is 239 g/mol. The summed E-state index contributed by atoms with van der Waals surface area (Å²) in [5, 5.41) is 26.7. The predicted octanol–water partition coefficient (Wildman–Crippen LogP) is 0.404. The van der Waals surface area contributed by atoms with E-state index in [-0.39, 0.29) is 18.4 Å². The fourth-order valence-corrected chi connectivity index (χ4v) is 1.48. The molecule has 5 N–H and O–H groups in total. The second-order valence-electron chi connectivity index (χ2n) is 3.59. The number of nitrogen functional groups attached to an aromatic ring is 1. The van der Waals surface area contributed by atoms with Gasteiger partial charge in [-0.3, -0.25) is 4.79 Å². The molecule has 0 spiro atoms. The summed E-state index contributed by atoms with van der Waals surface area (Å²) in [7, 11) is 0. The van der Waals surface area contributed by atoms with Gasteiger partial charge in [-0.05, 0) is 29.7 Å². The summed E-state index contributed by atoms with van der Waals surface area (Å²) < 4.78 is 0. The minimum absolute atomic E-state index is 0.125. The highest BCUT2D eigenvalue weighted by atomic mass is 16.4. The van der Waals surface area contributed by atoms with Gasteiger partial charge >= 0.3 is 11.9 Å². The van der Waals surface area contributed by atoms with Gasteiger partial charge in [0.2, 0.25) is 0 Å². The predicted molar refractivity (Wildman–Crippen MR) is 59.4 cm³/mol. The average Bonchev–Trinajstić information content (AvgIpc) is 2.25. The summed E-state index contributed by atoms with van der Waals surface area (Å²) in [5.41, 5.74) is 6.54. The Hall–Kier alpha value is -2.08. The van der Waals surface area contributed by atoms with Crippen LogP contribution in [0.4, 0.5) is 5.69 Å². The van der Waals surface area contributed by atoms with Crippen molar-refractivity contribution in [2.24, 2.45) is 0 Å². The molecule has 0 heterocycles. The molecule has 0 aliphatic carbocycles. The molecule has 0 aromatic heterocycles. The van der Waals surface area contributed by atoms with E-state index in [0.29, 0.717) is 11.3 Å². The van der Waals surface area contributed by atoms with Crippen LogP contribution in [0.2, 0.25) is 0 Å². The number of anilines is 1. The van der Waals surface area contributed by atoms with Crippen LogP contribution in [0.15, 0.2) is 18.2 Å². The van der Waals surface area contributed by atoms with Crippen molar-refractivity contribution in [3.8, 4) is 0 Å². The van der Waals surface area contributed by atoms with Gasteiger partial charge in [0.1, 0.15) is 0 Å². The van der Waals surface area contributed by atoms with Crippen molar-refractivity contribution in [3.05, 3.63) is 29.3 Å². The summed E-state index contributed by atoms with van der Waals surface area (Å²) in [6.07, 6.45) is -1.69. The van der Waals surface area contributed by atoms with Gasteiger partial charge < -0.3 is 21.1 Å². The minimum atomic E-state index is -1.67. The third kappa shape index (κ3) is 3.46. The zero-order valence-electron chi connectivity index (χ0n) is 8.96. The van der Waals surface area contributed by atoms with Crippen LogP contribution >= 0.6 is 0 Å². The quantitative estimate of drug-likeness (QED) is 0.552. The molecule has 6 nitrogen and oxygen atoms in total. The number of carbonyl (C=O) groups is 2. The van der Waals surface area contributed by atoms with Crippen molar-refractivity contribution < 1.29 is 24.9 Å². The van der Waals surface area contributed by atoms with E-state index in [1.165, 1.54) is 18.2 Å². The molecule has 0 aliphatic heterocycles. The lowest BCUT2D eigenvalue weighted by molar-refractivity contribution is -0.147. The Kier molecular flexibility index (Phi) is 4.06. The molecule has 1 unspecified atom stereocenters. The largest absolute Gasteiger partial charge is 0.481 e. The maximum absolute atomic E-state index is 10.7. The molecule has 0 saturated carbocycles. The molecule has 0 amide bonds. The van der Waals surface area contributed by atoms with E-state index in [4.69, 9.17) is 15.9 Å². The number of hydrogen-bond acceptors (Lipinski definition) is 4. The van der Waals surface area contributed by atoms with Crippen molar-refractivity contribution in [1.82, 2.24) is 0 Å². The lowest BCUT2D eigenvalue weighted by Gasteiger charge is -2.12. The lowest BCUT2D eigenvalue weighted by atomic mass is 9.98. The van der Waals surface area contributed by atoms with Crippen LogP contribution in [0.25, 0.3) is 0 Å². The Morgan fingerprint density at radius 2 is 1.94 bits per heavy atom. The van der Waals surface area contributed by atoms with Crippen LogP contribution in [0.3, 0.4) is 0 Å². The van der Waals surface area contributed by atoms with Gasteiger partial charge in [0.05, 0.1) is 0 Å². The first-order chi connectivity index (χ1) is 7.91. The van der Waals surface area contributed by atoms with Crippen LogP contribution in [0, 0.1) is 0 Å². The summed E-state index contributed by atoms with van der Waals surface area (Å²) in [4.78, 5) is 21.1. The molecule has 1 rings (SSSR count). The minimum Gasteiger partial charge on any atom is -0.481 e. The van der Waals surface area contributed by atoms with E-state index in [1.807, 2.05) is 0 Å². The van der Waals surface area contributed by atoms with Crippen LogP contribution < -0.4 is 5.73 Å². The van der Waals surface area contributed by atoms with Gasteiger partial charge in [-0.2, -0.15) is 0 Å². The molecule has 0 radical (unpaired) electrons. The molecule has 0 fully saturated rings. The lowest BCUT2D eigenvalue weighted by Crippen LogP contribution is -2.13. The smallest absolute Gasteiger partial charge is 0.337 e. The van der Waals surface area contributed by atoms with E-state index in [2.05, 4.69) is 0 Å². The number of carboxylic acids is 2. The number of benzene rings is 1.